The zero-order chi connectivity index (χ0) is 10.1. The van der Waals surface area contributed by atoms with E-state index in [9.17, 15) is 13.2 Å². The van der Waals surface area contributed by atoms with E-state index in [0.29, 0.717) is 13.2 Å². The molecular formula is C8H14F3NO. The third-order valence-electron chi connectivity index (χ3n) is 2.21. The standard InChI is InChI=1S/C8H14F3NO/c1-6(2)12-3-4-13-5-7(12)8(9,10)11/h6-7H,3-5H2,1-2H3/t7-/m1/s1. The quantitative estimate of drug-likeness (QED) is 0.633. The van der Waals surface area contributed by atoms with Crippen LogP contribution in [0, 0.1) is 0 Å². The SMILES string of the molecule is CC(C)N1CCOC[C@@H]1C(F)(F)F. The van der Waals surface area contributed by atoms with Gasteiger partial charge in [0.05, 0.1) is 13.2 Å². The number of ether oxygens (including phenoxy) is 1. The van der Waals surface area contributed by atoms with Gasteiger partial charge in [-0.2, -0.15) is 13.2 Å². The Kier molecular flexibility index (Phi) is 3.18. The Labute approximate surface area is 75.7 Å². The normalized spacial score (nSPS) is 26.8. The van der Waals surface area contributed by atoms with Gasteiger partial charge in [-0.15, -0.1) is 0 Å². The second-order valence-corrected chi connectivity index (χ2v) is 3.46. The zero-order valence-electron chi connectivity index (χ0n) is 7.77. The van der Waals surface area contributed by atoms with Crippen molar-refractivity contribution in [2.24, 2.45) is 0 Å². The van der Waals surface area contributed by atoms with Crippen LogP contribution >= 0.6 is 0 Å². The molecule has 0 aromatic carbocycles. The maximum atomic E-state index is 12.4. The second kappa shape index (κ2) is 3.84. The van der Waals surface area contributed by atoms with Crippen LogP contribution in [0.15, 0.2) is 0 Å². The van der Waals surface area contributed by atoms with Crippen molar-refractivity contribution in [2.75, 3.05) is 19.8 Å². The van der Waals surface area contributed by atoms with Gasteiger partial charge in [0.1, 0.15) is 6.04 Å². The fraction of sp³-hybridized carbons (Fsp3) is 1.00. The summed E-state index contributed by atoms with van der Waals surface area (Å²) in [6.45, 7) is 4.06. The third-order valence-corrected chi connectivity index (χ3v) is 2.21. The highest BCUT2D eigenvalue weighted by atomic mass is 19.4. The number of morpholine rings is 1. The monoisotopic (exact) mass is 197 g/mol. The summed E-state index contributed by atoms with van der Waals surface area (Å²) in [4.78, 5) is 1.43. The van der Waals surface area contributed by atoms with E-state index in [1.54, 1.807) is 13.8 Å². The van der Waals surface area contributed by atoms with Crippen LogP contribution in [0.1, 0.15) is 13.8 Å². The molecule has 0 amide bonds. The lowest BCUT2D eigenvalue weighted by Crippen LogP contribution is -2.55. The zero-order valence-corrected chi connectivity index (χ0v) is 7.77. The van der Waals surface area contributed by atoms with Crippen LogP contribution in [-0.2, 0) is 4.74 Å². The van der Waals surface area contributed by atoms with E-state index < -0.39 is 12.2 Å². The average molecular weight is 197 g/mol. The Morgan fingerprint density at radius 1 is 1.38 bits per heavy atom. The largest absolute Gasteiger partial charge is 0.406 e. The number of halogens is 3. The van der Waals surface area contributed by atoms with E-state index in [4.69, 9.17) is 4.74 Å². The minimum Gasteiger partial charge on any atom is -0.378 e. The number of nitrogens with zero attached hydrogens (tertiary/aromatic N) is 1. The molecule has 0 N–H and O–H groups in total. The first-order valence-corrected chi connectivity index (χ1v) is 4.33. The van der Waals surface area contributed by atoms with Crippen LogP contribution < -0.4 is 0 Å². The fourth-order valence-corrected chi connectivity index (χ4v) is 1.52. The first kappa shape index (κ1) is 10.8. The van der Waals surface area contributed by atoms with Crippen molar-refractivity contribution in [3.8, 4) is 0 Å². The Balaban J connectivity index is 2.67. The lowest BCUT2D eigenvalue weighted by Gasteiger charge is -2.39. The first-order chi connectivity index (χ1) is 5.93. The predicted molar refractivity (Wildman–Crippen MR) is 42.5 cm³/mol. The van der Waals surface area contributed by atoms with Crippen LogP contribution in [0.5, 0.6) is 0 Å². The minimum absolute atomic E-state index is 0.0875. The Morgan fingerprint density at radius 3 is 2.38 bits per heavy atom. The maximum absolute atomic E-state index is 12.4. The smallest absolute Gasteiger partial charge is 0.378 e. The molecule has 0 radical (unpaired) electrons. The molecule has 5 heteroatoms. The molecule has 1 saturated heterocycles. The molecular weight excluding hydrogens is 183 g/mol. The van der Waals surface area contributed by atoms with E-state index in [2.05, 4.69) is 0 Å². The molecule has 2 nitrogen and oxygen atoms in total. The molecule has 0 aliphatic carbocycles. The second-order valence-electron chi connectivity index (χ2n) is 3.46. The summed E-state index contributed by atoms with van der Waals surface area (Å²) < 4.78 is 42.1. The lowest BCUT2D eigenvalue weighted by atomic mass is 10.1. The molecule has 1 fully saturated rings. The van der Waals surface area contributed by atoms with Crippen molar-refractivity contribution in [1.29, 1.82) is 0 Å². The van der Waals surface area contributed by atoms with Crippen molar-refractivity contribution in [3.05, 3.63) is 0 Å². The Morgan fingerprint density at radius 2 is 2.00 bits per heavy atom. The van der Waals surface area contributed by atoms with E-state index >= 15 is 0 Å². The highest BCUT2D eigenvalue weighted by Gasteiger charge is 2.45. The van der Waals surface area contributed by atoms with Crippen molar-refractivity contribution >= 4 is 0 Å². The summed E-state index contributed by atoms with van der Waals surface area (Å²) in [7, 11) is 0. The van der Waals surface area contributed by atoms with Crippen molar-refractivity contribution < 1.29 is 17.9 Å². The molecule has 1 atom stereocenters. The van der Waals surface area contributed by atoms with Gasteiger partial charge in [0, 0.05) is 12.6 Å². The van der Waals surface area contributed by atoms with E-state index in [-0.39, 0.29) is 12.6 Å². The van der Waals surface area contributed by atoms with Gasteiger partial charge in [0.15, 0.2) is 0 Å². The van der Waals surface area contributed by atoms with Gasteiger partial charge in [-0.25, -0.2) is 0 Å². The van der Waals surface area contributed by atoms with Crippen LogP contribution in [0.25, 0.3) is 0 Å². The van der Waals surface area contributed by atoms with Crippen LogP contribution in [0.2, 0.25) is 0 Å². The molecule has 1 aliphatic heterocycles. The summed E-state index contributed by atoms with van der Waals surface area (Å²) >= 11 is 0. The van der Waals surface area contributed by atoms with E-state index in [1.165, 1.54) is 4.90 Å². The van der Waals surface area contributed by atoms with E-state index in [1.807, 2.05) is 0 Å². The molecule has 13 heavy (non-hydrogen) atoms. The number of rotatable bonds is 1. The van der Waals surface area contributed by atoms with Gasteiger partial charge in [-0.05, 0) is 13.8 Å². The molecule has 0 bridgehead atoms. The molecule has 78 valence electrons. The van der Waals surface area contributed by atoms with Crippen molar-refractivity contribution in [3.63, 3.8) is 0 Å². The van der Waals surface area contributed by atoms with Gasteiger partial charge in [0.2, 0.25) is 0 Å². The molecule has 0 unspecified atom stereocenters. The summed E-state index contributed by atoms with van der Waals surface area (Å²) in [5.74, 6) is 0. The minimum atomic E-state index is -4.18. The number of hydrogen-bond acceptors (Lipinski definition) is 2. The number of hydrogen-bond donors (Lipinski definition) is 0. The predicted octanol–water partition coefficient (Wildman–Crippen LogP) is 1.66. The molecule has 0 saturated carbocycles. The van der Waals surface area contributed by atoms with Gasteiger partial charge in [0.25, 0.3) is 0 Å². The van der Waals surface area contributed by atoms with Crippen LogP contribution in [-0.4, -0.2) is 42.9 Å². The fourth-order valence-electron chi connectivity index (χ4n) is 1.52. The van der Waals surface area contributed by atoms with Crippen LogP contribution in [0.4, 0.5) is 13.2 Å². The van der Waals surface area contributed by atoms with Gasteiger partial charge in [-0.3, -0.25) is 4.90 Å². The Bertz CT molecular complexity index is 169. The summed E-state index contributed by atoms with van der Waals surface area (Å²) in [6, 6.07) is -1.52. The highest BCUT2D eigenvalue weighted by molar-refractivity contribution is 4.83. The highest BCUT2D eigenvalue weighted by Crippen LogP contribution is 2.28. The molecule has 0 aromatic rings. The molecule has 1 heterocycles. The van der Waals surface area contributed by atoms with Gasteiger partial charge < -0.3 is 4.74 Å². The Hall–Kier alpha value is -0.290. The maximum Gasteiger partial charge on any atom is 0.406 e. The van der Waals surface area contributed by atoms with Gasteiger partial charge in [-0.1, -0.05) is 0 Å². The first-order valence-electron chi connectivity index (χ1n) is 4.33. The lowest BCUT2D eigenvalue weighted by molar-refractivity contribution is -0.216. The number of alkyl halides is 3. The molecule has 1 aliphatic rings. The molecule has 0 spiro atoms. The van der Waals surface area contributed by atoms with Gasteiger partial charge >= 0.3 is 6.18 Å². The van der Waals surface area contributed by atoms with Crippen LogP contribution in [0.3, 0.4) is 0 Å². The van der Waals surface area contributed by atoms with Crippen molar-refractivity contribution in [2.45, 2.75) is 32.1 Å². The van der Waals surface area contributed by atoms with E-state index in [0.717, 1.165) is 0 Å². The summed E-state index contributed by atoms with van der Waals surface area (Å²) in [5.41, 5.74) is 0. The third kappa shape index (κ3) is 2.57. The summed E-state index contributed by atoms with van der Waals surface area (Å²) in [6.07, 6.45) is -4.18. The molecule has 0 aromatic heterocycles. The molecule has 1 rings (SSSR count). The topological polar surface area (TPSA) is 12.5 Å². The average Bonchev–Trinajstić information content (AvgIpc) is 2.03. The summed E-state index contributed by atoms with van der Waals surface area (Å²) in [5, 5.41) is 0. The van der Waals surface area contributed by atoms with Crippen molar-refractivity contribution in [1.82, 2.24) is 4.90 Å².